The van der Waals surface area contributed by atoms with E-state index in [9.17, 15) is 19.5 Å². The molecule has 182 valence electrons. The van der Waals surface area contributed by atoms with Crippen molar-refractivity contribution in [2.24, 2.45) is 0 Å². The molecule has 4 rings (SSSR count). The van der Waals surface area contributed by atoms with E-state index in [1.165, 1.54) is 0 Å². The third-order valence-electron chi connectivity index (χ3n) is 5.95. The van der Waals surface area contributed by atoms with E-state index < -0.39 is 42.0 Å². The van der Waals surface area contributed by atoms with Crippen LogP contribution in [-0.4, -0.2) is 46.0 Å². The number of rotatable bonds is 8. The fourth-order valence-corrected chi connectivity index (χ4v) is 4.80. The number of hydrogen-bond acceptors (Lipinski definition) is 7. The summed E-state index contributed by atoms with van der Waals surface area (Å²) in [7, 11) is 1.54. The maximum atomic E-state index is 13.5. The summed E-state index contributed by atoms with van der Waals surface area (Å²) in [5.74, 6) is -0.951. The van der Waals surface area contributed by atoms with E-state index in [1.54, 1.807) is 50.6 Å². The lowest BCUT2D eigenvalue weighted by Gasteiger charge is -2.29. The van der Waals surface area contributed by atoms with Gasteiger partial charge in [-0.05, 0) is 30.2 Å². The van der Waals surface area contributed by atoms with Gasteiger partial charge in [-0.15, -0.1) is 11.3 Å². The minimum Gasteiger partial charge on any atom is -0.497 e. The molecule has 0 aliphatic carbocycles. The number of aromatic nitrogens is 1. The Morgan fingerprint density at radius 2 is 1.83 bits per heavy atom. The van der Waals surface area contributed by atoms with Crippen molar-refractivity contribution in [2.75, 3.05) is 12.4 Å². The number of thiazole rings is 1. The zero-order chi connectivity index (χ0) is 25.1. The Morgan fingerprint density at radius 3 is 2.43 bits per heavy atom. The third kappa shape index (κ3) is 5.03. The van der Waals surface area contributed by atoms with Gasteiger partial charge in [-0.25, -0.2) is 14.7 Å². The van der Waals surface area contributed by atoms with Crippen molar-refractivity contribution >= 4 is 34.3 Å². The molecule has 0 spiro atoms. The number of aliphatic hydroxyl groups is 1. The van der Waals surface area contributed by atoms with Gasteiger partial charge in [0, 0.05) is 11.3 Å². The van der Waals surface area contributed by atoms with Gasteiger partial charge in [-0.3, -0.25) is 9.59 Å². The van der Waals surface area contributed by atoms with Gasteiger partial charge in [0.2, 0.25) is 5.91 Å². The van der Waals surface area contributed by atoms with Crippen molar-refractivity contribution in [3.63, 3.8) is 0 Å². The zero-order valence-electron chi connectivity index (χ0n) is 19.5. The summed E-state index contributed by atoms with van der Waals surface area (Å²) in [6.45, 7) is 3.37. The van der Waals surface area contributed by atoms with E-state index in [1.807, 2.05) is 30.3 Å². The summed E-state index contributed by atoms with van der Waals surface area (Å²) in [5.41, 5.74) is 1.80. The highest BCUT2D eigenvalue weighted by atomic mass is 32.1. The number of methoxy groups -OCH3 is 1. The molecular formula is C25H26N4O5S. The standard InChI is InChI=1S/C25H26N4O5S/c1-14(16-7-5-4-6-8-16)21(22(31)28-24-26-19(13-35-24)15(2)30)29-23(32)20(27-25(29)33)17-9-11-18(34-3)12-10-17/h4-15,20-21,30H,1-3H3,(H,27,33)(H,26,28,31)/t14-,15?,20?,21-/m0/s1. The first-order valence-electron chi connectivity index (χ1n) is 11.1. The highest BCUT2D eigenvalue weighted by Gasteiger charge is 2.47. The molecule has 2 unspecified atom stereocenters. The first kappa shape index (κ1) is 24.4. The van der Waals surface area contributed by atoms with E-state index in [2.05, 4.69) is 15.6 Å². The molecule has 1 saturated heterocycles. The summed E-state index contributed by atoms with van der Waals surface area (Å²) >= 11 is 1.16. The van der Waals surface area contributed by atoms with Crippen LogP contribution in [0, 0.1) is 0 Å². The van der Waals surface area contributed by atoms with Crippen molar-refractivity contribution in [2.45, 2.75) is 38.0 Å². The van der Waals surface area contributed by atoms with Gasteiger partial charge in [-0.1, -0.05) is 49.4 Å². The Kier molecular flexibility index (Phi) is 7.13. The number of carbonyl (C=O) groups excluding carboxylic acids is 3. The summed E-state index contributed by atoms with van der Waals surface area (Å²) in [6.07, 6.45) is -0.785. The fraction of sp³-hybridized carbons (Fsp3) is 0.280. The molecule has 2 heterocycles. The van der Waals surface area contributed by atoms with Crippen LogP contribution in [0.25, 0.3) is 0 Å². The Labute approximate surface area is 206 Å². The molecule has 1 aromatic heterocycles. The predicted molar refractivity (Wildman–Crippen MR) is 131 cm³/mol. The normalized spacial score (nSPS) is 18.1. The third-order valence-corrected chi connectivity index (χ3v) is 6.72. The maximum Gasteiger partial charge on any atom is 0.325 e. The van der Waals surface area contributed by atoms with Crippen LogP contribution >= 0.6 is 11.3 Å². The molecule has 0 saturated carbocycles. The number of carbonyl (C=O) groups is 3. The Bertz CT molecular complexity index is 1210. The molecule has 3 N–H and O–H groups in total. The summed E-state index contributed by atoms with van der Waals surface area (Å²) in [5, 5.41) is 17.1. The van der Waals surface area contributed by atoms with Gasteiger partial charge in [0.25, 0.3) is 5.91 Å². The summed E-state index contributed by atoms with van der Waals surface area (Å²) in [6, 6.07) is 13.3. The van der Waals surface area contributed by atoms with Crippen molar-refractivity contribution in [1.29, 1.82) is 0 Å². The fourth-order valence-electron chi connectivity index (χ4n) is 4.00. The van der Waals surface area contributed by atoms with Crippen LogP contribution in [0.1, 0.15) is 48.7 Å². The maximum absolute atomic E-state index is 13.5. The van der Waals surface area contributed by atoms with Crippen LogP contribution in [0.2, 0.25) is 0 Å². The summed E-state index contributed by atoms with van der Waals surface area (Å²) in [4.78, 5) is 45.3. The lowest BCUT2D eigenvalue weighted by molar-refractivity contribution is -0.134. The number of amides is 4. The van der Waals surface area contributed by atoms with Crippen LogP contribution in [0.3, 0.4) is 0 Å². The first-order chi connectivity index (χ1) is 16.8. The second-order valence-corrected chi connectivity index (χ2v) is 9.11. The van der Waals surface area contributed by atoms with E-state index in [4.69, 9.17) is 4.74 Å². The monoisotopic (exact) mass is 494 g/mol. The van der Waals surface area contributed by atoms with Crippen LogP contribution in [0.4, 0.5) is 9.93 Å². The minimum atomic E-state index is -1.13. The highest BCUT2D eigenvalue weighted by Crippen LogP contribution is 2.32. The van der Waals surface area contributed by atoms with Crippen molar-refractivity contribution in [3.05, 3.63) is 76.8 Å². The number of urea groups is 1. The molecule has 35 heavy (non-hydrogen) atoms. The molecule has 10 heteroatoms. The molecule has 0 bridgehead atoms. The SMILES string of the molecule is COc1ccc(C2NC(=O)N([C@H](C(=O)Nc3nc(C(C)O)cs3)[C@@H](C)c3ccccc3)C2=O)cc1. The molecule has 1 aliphatic heterocycles. The van der Waals surface area contributed by atoms with Crippen molar-refractivity contribution in [1.82, 2.24) is 15.2 Å². The Hall–Kier alpha value is -3.76. The van der Waals surface area contributed by atoms with Crippen LogP contribution in [0.5, 0.6) is 5.75 Å². The van der Waals surface area contributed by atoms with E-state index in [0.717, 1.165) is 21.8 Å². The van der Waals surface area contributed by atoms with Crippen molar-refractivity contribution in [3.8, 4) is 5.75 Å². The first-order valence-corrected chi connectivity index (χ1v) is 11.9. The van der Waals surface area contributed by atoms with Crippen LogP contribution in [0.15, 0.2) is 60.0 Å². The largest absolute Gasteiger partial charge is 0.497 e. The average Bonchev–Trinajstić information content (AvgIpc) is 3.45. The molecular weight excluding hydrogens is 468 g/mol. The Morgan fingerprint density at radius 1 is 1.14 bits per heavy atom. The number of nitrogens with zero attached hydrogens (tertiary/aromatic N) is 2. The van der Waals surface area contributed by atoms with Crippen LogP contribution < -0.4 is 15.4 Å². The van der Waals surface area contributed by atoms with Gasteiger partial charge in [0.1, 0.15) is 17.8 Å². The summed E-state index contributed by atoms with van der Waals surface area (Å²) < 4.78 is 5.17. The number of ether oxygens (including phenoxy) is 1. The molecule has 0 radical (unpaired) electrons. The van der Waals surface area contributed by atoms with Gasteiger partial charge >= 0.3 is 6.03 Å². The topological polar surface area (TPSA) is 121 Å². The molecule has 4 amide bonds. The smallest absolute Gasteiger partial charge is 0.325 e. The van der Waals surface area contributed by atoms with Gasteiger partial charge < -0.3 is 20.5 Å². The molecule has 3 aromatic rings. The number of nitrogens with one attached hydrogen (secondary N) is 2. The minimum absolute atomic E-state index is 0.273. The van der Waals surface area contributed by atoms with Gasteiger partial charge in [0.05, 0.1) is 18.9 Å². The van der Waals surface area contributed by atoms with Crippen molar-refractivity contribution < 1.29 is 24.2 Å². The molecule has 4 atom stereocenters. The number of benzene rings is 2. The van der Waals surface area contributed by atoms with E-state index in [0.29, 0.717) is 17.0 Å². The average molecular weight is 495 g/mol. The number of anilines is 1. The quantitative estimate of drug-likeness (QED) is 0.412. The second kappa shape index (κ2) is 10.2. The van der Waals surface area contributed by atoms with E-state index in [-0.39, 0.29) is 5.13 Å². The van der Waals surface area contributed by atoms with E-state index >= 15 is 0 Å². The van der Waals surface area contributed by atoms with Gasteiger partial charge in [0.15, 0.2) is 5.13 Å². The van der Waals surface area contributed by atoms with Crippen LogP contribution in [-0.2, 0) is 9.59 Å². The molecule has 2 aromatic carbocycles. The highest BCUT2D eigenvalue weighted by molar-refractivity contribution is 7.13. The Balaban J connectivity index is 1.66. The molecule has 1 fully saturated rings. The molecule has 9 nitrogen and oxygen atoms in total. The predicted octanol–water partition coefficient (Wildman–Crippen LogP) is 3.61. The van der Waals surface area contributed by atoms with Gasteiger partial charge in [-0.2, -0.15) is 0 Å². The number of hydrogen-bond donors (Lipinski definition) is 3. The second-order valence-electron chi connectivity index (χ2n) is 8.25. The number of aliphatic hydroxyl groups excluding tert-OH is 1. The number of imide groups is 1. The lowest BCUT2D eigenvalue weighted by atomic mass is 9.91. The zero-order valence-corrected chi connectivity index (χ0v) is 20.3. The molecule has 1 aliphatic rings. The lowest BCUT2D eigenvalue weighted by Crippen LogP contribution is -2.50.